The number of fused-ring (bicyclic) bond motifs is 1. The summed E-state index contributed by atoms with van der Waals surface area (Å²) in [5.74, 6) is -0.213. The molecular weight excluding hydrogens is 376 g/mol. The maximum absolute atomic E-state index is 12.4. The molecule has 0 N–H and O–H groups in total. The summed E-state index contributed by atoms with van der Waals surface area (Å²) < 4.78 is 10.3. The quantitative estimate of drug-likeness (QED) is 0.630. The van der Waals surface area contributed by atoms with Crippen molar-refractivity contribution in [1.82, 2.24) is 4.98 Å². The highest BCUT2D eigenvalue weighted by Crippen LogP contribution is 2.38. The highest BCUT2D eigenvalue weighted by Gasteiger charge is 2.34. The van der Waals surface area contributed by atoms with Crippen LogP contribution in [0.15, 0.2) is 53.9 Å². The number of nitrogens with zero attached hydrogens (tertiary/aromatic N) is 2. The van der Waals surface area contributed by atoms with Gasteiger partial charge >= 0.3 is 5.97 Å². The smallest absolute Gasteiger partial charge is 0.328 e. The molecule has 1 atom stereocenters. The molecule has 2 heterocycles. The van der Waals surface area contributed by atoms with E-state index in [0.717, 1.165) is 21.8 Å². The molecule has 142 valence electrons. The summed E-state index contributed by atoms with van der Waals surface area (Å²) >= 11 is 1.55. The molecule has 1 aliphatic heterocycles. The van der Waals surface area contributed by atoms with Crippen LogP contribution in [-0.2, 0) is 14.3 Å². The average molecular weight is 394 g/mol. The van der Waals surface area contributed by atoms with Crippen molar-refractivity contribution in [2.45, 2.75) is 13.0 Å². The Hall–Kier alpha value is -3.19. The van der Waals surface area contributed by atoms with Gasteiger partial charge < -0.3 is 9.47 Å². The fourth-order valence-corrected chi connectivity index (χ4v) is 3.99. The molecule has 1 aliphatic rings. The first-order chi connectivity index (χ1) is 13.6. The van der Waals surface area contributed by atoms with Gasteiger partial charge in [0.05, 0.1) is 18.5 Å². The minimum absolute atomic E-state index is 0.109. The van der Waals surface area contributed by atoms with Crippen LogP contribution in [0.4, 0.5) is 5.69 Å². The van der Waals surface area contributed by atoms with E-state index in [1.165, 1.54) is 12.0 Å². The molecule has 1 unspecified atom stereocenters. The van der Waals surface area contributed by atoms with Gasteiger partial charge in [-0.15, -0.1) is 11.3 Å². The molecular formula is C21H18N2O4S. The van der Waals surface area contributed by atoms with E-state index < -0.39 is 12.0 Å². The Balaban J connectivity index is 1.72. The number of aromatic nitrogens is 1. The summed E-state index contributed by atoms with van der Waals surface area (Å²) in [4.78, 5) is 30.6. The summed E-state index contributed by atoms with van der Waals surface area (Å²) in [7, 11) is 1.31. The lowest BCUT2D eigenvalue weighted by Gasteiger charge is -2.32. The number of thiazole rings is 1. The van der Waals surface area contributed by atoms with E-state index in [2.05, 4.69) is 0 Å². The van der Waals surface area contributed by atoms with Crippen molar-refractivity contribution in [1.29, 1.82) is 0 Å². The third-order valence-electron chi connectivity index (χ3n) is 4.59. The van der Waals surface area contributed by atoms with Crippen LogP contribution in [0.25, 0.3) is 21.8 Å². The van der Waals surface area contributed by atoms with Gasteiger partial charge in [-0.3, -0.25) is 9.69 Å². The minimum atomic E-state index is -0.745. The van der Waals surface area contributed by atoms with E-state index in [-0.39, 0.29) is 12.5 Å². The van der Waals surface area contributed by atoms with Gasteiger partial charge in [-0.25, -0.2) is 9.78 Å². The van der Waals surface area contributed by atoms with Crippen LogP contribution in [0.2, 0.25) is 0 Å². The Morgan fingerprint density at radius 3 is 2.75 bits per heavy atom. The zero-order valence-corrected chi connectivity index (χ0v) is 16.2. The Labute approximate surface area is 166 Å². The maximum atomic E-state index is 12.4. The zero-order chi connectivity index (χ0) is 19.7. The normalized spacial score (nSPS) is 14.2. The highest BCUT2D eigenvalue weighted by molar-refractivity contribution is 7.13. The second-order valence-electron chi connectivity index (χ2n) is 6.34. The van der Waals surface area contributed by atoms with Crippen LogP contribution in [0, 0.1) is 0 Å². The number of rotatable bonds is 4. The van der Waals surface area contributed by atoms with Gasteiger partial charge in [0.1, 0.15) is 16.8 Å². The molecule has 0 aliphatic carbocycles. The molecule has 0 saturated heterocycles. The molecule has 0 spiro atoms. The van der Waals surface area contributed by atoms with Crippen molar-refractivity contribution < 1.29 is 19.1 Å². The number of anilines is 1. The number of amides is 1. The van der Waals surface area contributed by atoms with E-state index in [1.807, 2.05) is 47.8 Å². The van der Waals surface area contributed by atoms with E-state index in [1.54, 1.807) is 24.3 Å². The predicted molar refractivity (Wildman–Crippen MR) is 107 cm³/mol. The van der Waals surface area contributed by atoms with Gasteiger partial charge in [-0.1, -0.05) is 30.3 Å². The van der Waals surface area contributed by atoms with Crippen molar-refractivity contribution >= 4 is 28.9 Å². The van der Waals surface area contributed by atoms with E-state index >= 15 is 0 Å². The van der Waals surface area contributed by atoms with Crippen molar-refractivity contribution in [3.8, 4) is 27.6 Å². The van der Waals surface area contributed by atoms with Gasteiger partial charge in [-0.2, -0.15) is 0 Å². The van der Waals surface area contributed by atoms with Gasteiger partial charge in [0.25, 0.3) is 5.91 Å². The SMILES string of the molecule is COC(=O)C(C)N1C(=O)COc2ccc(-c3csc(-c4ccccc4)n3)cc21. The number of carbonyl (C=O) groups is 2. The largest absolute Gasteiger partial charge is 0.482 e. The molecule has 0 fully saturated rings. The topological polar surface area (TPSA) is 68.7 Å². The summed E-state index contributed by atoms with van der Waals surface area (Å²) in [5.41, 5.74) is 3.24. The van der Waals surface area contributed by atoms with Crippen molar-refractivity contribution in [3.05, 3.63) is 53.9 Å². The standard InChI is InChI=1S/C21H18N2O4S/c1-13(21(25)26-2)23-17-10-15(8-9-18(17)27-11-19(23)24)16-12-28-20(22-16)14-6-4-3-5-7-14/h3-10,12-13H,11H2,1-2H3. The second kappa shape index (κ2) is 7.44. The average Bonchev–Trinajstić information content (AvgIpc) is 3.23. The molecule has 28 heavy (non-hydrogen) atoms. The van der Waals surface area contributed by atoms with Crippen molar-refractivity contribution in [3.63, 3.8) is 0 Å². The van der Waals surface area contributed by atoms with Gasteiger partial charge in [0.2, 0.25) is 0 Å². The molecule has 6 nitrogen and oxygen atoms in total. The Morgan fingerprint density at radius 1 is 1.21 bits per heavy atom. The molecule has 4 rings (SSSR count). The fraction of sp³-hybridized carbons (Fsp3) is 0.190. The predicted octanol–water partition coefficient (Wildman–Crippen LogP) is 3.76. The van der Waals surface area contributed by atoms with Crippen molar-refractivity contribution in [2.75, 3.05) is 18.6 Å². The first-order valence-corrected chi connectivity index (χ1v) is 9.64. The Bertz CT molecular complexity index is 1030. The Morgan fingerprint density at radius 2 is 2.00 bits per heavy atom. The molecule has 7 heteroatoms. The molecule has 1 aromatic heterocycles. The zero-order valence-electron chi connectivity index (χ0n) is 15.4. The van der Waals surface area contributed by atoms with E-state index in [4.69, 9.17) is 14.5 Å². The first-order valence-electron chi connectivity index (χ1n) is 8.76. The lowest BCUT2D eigenvalue weighted by molar-refractivity contribution is -0.143. The van der Waals surface area contributed by atoms with Crippen LogP contribution in [0.1, 0.15) is 6.92 Å². The monoisotopic (exact) mass is 394 g/mol. The molecule has 0 radical (unpaired) electrons. The first kappa shape index (κ1) is 18.2. The number of methoxy groups -OCH3 is 1. The van der Waals surface area contributed by atoms with Gasteiger partial charge in [0, 0.05) is 16.5 Å². The lowest BCUT2D eigenvalue weighted by atomic mass is 10.1. The van der Waals surface area contributed by atoms with Crippen LogP contribution in [0.3, 0.4) is 0 Å². The molecule has 2 aromatic carbocycles. The van der Waals surface area contributed by atoms with Crippen LogP contribution in [0.5, 0.6) is 5.75 Å². The number of esters is 1. The molecule has 1 amide bonds. The number of carbonyl (C=O) groups excluding carboxylic acids is 2. The maximum Gasteiger partial charge on any atom is 0.328 e. The minimum Gasteiger partial charge on any atom is -0.482 e. The highest BCUT2D eigenvalue weighted by atomic mass is 32.1. The summed E-state index contributed by atoms with van der Waals surface area (Å²) in [6.45, 7) is 1.53. The van der Waals surface area contributed by atoms with Crippen LogP contribution < -0.4 is 9.64 Å². The molecule has 0 bridgehead atoms. The van der Waals surface area contributed by atoms with Gasteiger partial charge in [-0.05, 0) is 25.1 Å². The molecule has 3 aromatic rings. The summed E-state index contributed by atoms with van der Waals surface area (Å²) in [5, 5.41) is 2.89. The van der Waals surface area contributed by atoms with Crippen LogP contribution in [-0.4, -0.2) is 36.6 Å². The third kappa shape index (κ3) is 3.25. The molecule has 0 saturated carbocycles. The number of ether oxygens (including phenoxy) is 2. The summed E-state index contributed by atoms with van der Waals surface area (Å²) in [6, 6.07) is 14.7. The number of hydrogen-bond donors (Lipinski definition) is 0. The second-order valence-corrected chi connectivity index (χ2v) is 7.20. The fourth-order valence-electron chi connectivity index (χ4n) is 3.15. The number of benzene rings is 2. The lowest BCUT2D eigenvalue weighted by Crippen LogP contribution is -2.48. The van der Waals surface area contributed by atoms with E-state index in [9.17, 15) is 9.59 Å². The van der Waals surface area contributed by atoms with Crippen molar-refractivity contribution in [2.24, 2.45) is 0 Å². The van der Waals surface area contributed by atoms with E-state index in [0.29, 0.717) is 11.4 Å². The number of hydrogen-bond acceptors (Lipinski definition) is 6. The third-order valence-corrected chi connectivity index (χ3v) is 5.48. The summed E-state index contributed by atoms with van der Waals surface area (Å²) in [6.07, 6.45) is 0. The van der Waals surface area contributed by atoms with Crippen LogP contribution >= 0.6 is 11.3 Å². The van der Waals surface area contributed by atoms with Gasteiger partial charge in [0.15, 0.2) is 6.61 Å². The Kier molecular flexibility index (Phi) is 4.83.